The second-order valence-electron chi connectivity index (χ2n) is 9.20. The Balaban J connectivity index is 1.50. The Labute approximate surface area is 212 Å². The van der Waals surface area contributed by atoms with Gasteiger partial charge in [0.25, 0.3) is 0 Å². The van der Waals surface area contributed by atoms with Crippen LogP contribution in [0.5, 0.6) is 17.4 Å². The van der Waals surface area contributed by atoms with E-state index in [0.717, 1.165) is 53.3 Å². The topological polar surface area (TPSA) is 59.8 Å². The van der Waals surface area contributed by atoms with Gasteiger partial charge in [-0.2, -0.15) is 5.10 Å². The maximum atomic E-state index is 11.0. The molecule has 1 fully saturated rings. The lowest BCUT2D eigenvalue weighted by Crippen LogP contribution is -2.30. The number of para-hydroxylation sites is 1. The lowest BCUT2D eigenvalue weighted by molar-refractivity contribution is 0.104. The van der Waals surface area contributed by atoms with Gasteiger partial charge in [0, 0.05) is 19.1 Å². The molecule has 1 saturated carbocycles. The zero-order valence-corrected chi connectivity index (χ0v) is 20.9. The van der Waals surface area contributed by atoms with E-state index >= 15 is 0 Å². The molecule has 0 radical (unpaired) electrons. The van der Waals surface area contributed by atoms with Crippen molar-refractivity contribution in [1.82, 2.24) is 14.7 Å². The number of aryl methyl sites for hydroxylation is 1. The smallest absolute Gasteiger partial charge is 0.227 e. The molecule has 1 atom stereocenters. The summed E-state index contributed by atoms with van der Waals surface area (Å²) in [6, 6.07) is 28.0. The molecule has 4 aromatic rings. The molecule has 0 aliphatic heterocycles. The first-order chi connectivity index (χ1) is 17.7. The van der Waals surface area contributed by atoms with Crippen molar-refractivity contribution in [3.8, 4) is 23.1 Å². The number of aromatic nitrogens is 2. The molecule has 36 heavy (non-hydrogen) atoms. The fraction of sp³-hybridized carbons (Fsp3) is 0.300. The number of methoxy groups -OCH3 is 1. The van der Waals surface area contributed by atoms with Crippen LogP contribution in [0.3, 0.4) is 0 Å². The molecule has 6 nitrogen and oxygen atoms in total. The highest BCUT2D eigenvalue weighted by molar-refractivity contribution is 5.44. The summed E-state index contributed by atoms with van der Waals surface area (Å²) in [5, 5.41) is 16.0. The van der Waals surface area contributed by atoms with Gasteiger partial charge in [-0.3, -0.25) is 4.90 Å². The van der Waals surface area contributed by atoms with Gasteiger partial charge in [0.1, 0.15) is 11.5 Å². The first-order valence-corrected chi connectivity index (χ1v) is 12.6. The van der Waals surface area contributed by atoms with E-state index in [4.69, 9.17) is 14.6 Å². The lowest BCUT2D eigenvalue weighted by atomic mass is 10.1. The highest BCUT2D eigenvalue weighted by Gasteiger charge is 2.33. The zero-order chi connectivity index (χ0) is 24.9. The van der Waals surface area contributed by atoms with Gasteiger partial charge in [0.15, 0.2) is 0 Å². The Kier molecular flexibility index (Phi) is 7.35. The van der Waals surface area contributed by atoms with Crippen LogP contribution in [0.15, 0.2) is 84.9 Å². The number of rotatable bonds is 11. The van der Waals surface area contributed by atoms with Crippen molar-refractivity contribution in [3.63, 3.8) is 0 Å². The van der Waals surface area contributed by atoms with Gasteiger partial charge < -0.3 is 14.6 Å². The van der Waals surface area contributed by atoms with Crippen molar-refractivity contribution in [3.05, 3.63) is 102 Å². The molecule has 186 valence electrons. The van der Waals surface area contributed by atoms with Gasteiger partial charge >= 0.3 is 0 Å². The monoisotopic (exact) mass is 483 g/mol. The molecule has 1 aliphatic rings. The minimum absolute atomic E-state index is 0.460. The van der Waals surface area contributed by atoms with Gasteiger partial charge in [-0.25, -0.2) is 4.68 Å². The second kappa shape index (κ2) is 11.0. The summed E-state index contributed by atoms with van der Waals surface area (Å²) in [6.07, 6.45) is 2.52. The summed E-state index contributed by atoms with van der Waals surface area (Å²) in [5.41, 5.74) is 3.95. The largest absolute Gasteiger partial charge is 0.497 e. The molecule has 0 spiro atoms. The first kappa shape index (κ1) is 24.1. The average Bonchev–Trinajstić information content (AvgIpc) is 3.73. The number of benzene rings is 3. The molecule has 5 rings (SSSR count). The predicted octanol–water partition coefficient (Wildman–Crippen LogP) is 5.93. The van der Waals surface area contributed by atoms with Crippen LogP contribution in [0, 0.1) is 0 Å². The second-order valence-corrected chi connectivity index (χ2v) is 9.20. The van der Waals surface area contributed by atoms with E-state index in [9.17, 15) is 5.11 Å². The summed E-state index contributed by atoms with van der Waals surface area (Å²) < 4.78 is 13.7. The third-order valence-electron chi connectivity index (χ3n) is 6.65. The summed E-state index contributed by atoms with van der Waals surface area (Å²) >= 11 is 0. The molecule has 0 saturated heterocycles. The van der Waals surface area contributed by atoms with Crippen LogP contribution in [-0.4, -0.2) is 39.5 Å². The van der Waals surface area contributed by atoms with Crippen molar-refractivity contribution in [1.29, 1.82) is 0 Å². The molecular formula is C30H33N3O3. The number of nitrogens with zero attached hydrogens (tertiary/aromatic N) is 3. The minimum Gasteiger partial charge on any atom is -0.497 e. The summed E-state index contributed by atoms with van der Waals surface area (Å²) in [7, 11) is 1.66. The lowest BCUT2D eigenvalue weighted by Gasteiger charge is -2.25. The van der Waals surface area contributed by atoms with Crippen LogP contribution >= 0.6 is 0 Å². The third-order valence-corrected chi connectivity index (χ3v) is 6.65. The summed E-state index contributed by atoms with van der Waals surface area (Å²) in [5.74, 6) is 2.21. The molecule has 1 aliphatic carbocycles. The Morgan fingerprint density at radius 1 is 0.944 bits per heavy atom. The van der Waals surface area contributed by atoms with Crippen molar-refractivity contribution < 1.29 is 14.6 Å². The van der Waals surface area contributed by atoms with E-state index in [1.54, 1.807) is 7.11 Å². The normalized spacial score (nSPS) is 14.1. The SMILES string of the molecule is CCc1nn(-c2ccccc2)c(Oc2ccc(OC)cc2)c1CN(CC(O)c1ccccc1)C1CC1. The molecule has 1 N–H and O–H groups in total. The zero-order valence-electron chi connectivity index (χ0n) is 20.9. The van der Waals surface area contributed by atoms with Crippen molar-refractivity contribution in [2.24, 2.45) is 0 Å². The molecular weight excluding hydrogens is 450 g/mol. The van der Waals surface area contributed by atoms with E-state index in [1.807, 2.05) is 89.6 Å². The fourth-order valence-electron chi connectivity index (χ4n) is 4.51. The van der Waals surface area contributed by atoms with Crippen LogP contribution in [0.4, 0.5) is 0 Å². The van der Waals surface area contributed by atoms with Crippen LogP contribution in [-0.2, 0) is 13.0 Å². The Morgan fingerprint density at radius 2 is 1.58 bits per heavy atom. The standard InChI is InChI=1S/C30H33N3O3/c1-3-28-27(20-32(23-14-15-23)21-29(34)22-10-6-4-7-11-22)30(33(31-28)24-12-8-5-9-13-24)36-26-18-16-25(35-2)17-19-26/h4-13,16-19,23,29,34H,3,14-15,20-21H2,1-2H3. The average molecular weight is 484 g/mol. The number of hydrogen-bond acceptors (Lipinski definition) is 5. The van der Waals surface area contributed by atoms with E-state index in [1.165, 1.54) is 0 Å². The molecule has 1 heterocycles. The maximum Gasteiger partial charge on any atom is 0.227 e. The molecule has 0 bridgehead atoms. The number of ether oxygens (including phenoxy) is 2. The minimum atomic E-state index is -0.549. The highest BCUT2D eigenvalue weighted by Crippen LogP contribution is 2.36. The predicted molar refractivity (Wildman–Crippen MR) is 141 cm³/mol. The summed E-state index contributed by atoms with van der Waals surface area (Å²) in [6.45, 7) is 3.35. The molecule has 1 aromatic heterocycles. The van der Waals surface area contributed by atoms with Crippen LogP contribution in [0.1, 0.15) is 42.7 Å². The first-order valence-electron chi connectivity index (χ1n) is 12.6. The van der Waals surface area contributed by atoms with E-state index < -0.39 is 6.10 Å². The molecule has 1 unspecified atom stereocenters. The van der Waals surface area contributed by atoms with Crippen molar-refractivity contribution >= 4 is 0 Å². The van der Waals surface area contributed by atoms with Gasteiger partial charge in [0.05, 0.1) is 30.2 Å². The molecule has 3 aromatic carbocycles. The van der Waals surface area contributed by atoms with Gasteiger partial charge in [-0.15, -0.1) is 0 Å². The van der Waals surface area contributed by atoms with E-state index in [2.05, 4.69) is 11.8 Å². The van der Waals surface area contributed by atoms with Crippen molar-refractivity contribution in [2.45, 2.75) is 44.9 Å². The highest BCUT2D eigenvalue weighted by atomic mass is 16.5. The molecule has 6 heteroatoms. The number of aliphatic hydroxyl groups is 1. The van der Waals surface area contributed by atoms with Gasteiger partial charge in [-0.1, -0.05) is 55.5 Å². The Bertz CT molecular complexity index is 1250. The van der Waals surface area contributed by atoms with Crippen LogP contribution < -0.4 is 9.47 Å². The van der Waals surface area contributed by atoms with Crippen LogP contribution in [0.2, 0.25) is 0 Å². The molecule has 0 amide bonds. The number of aliphatic hydroxyl groups excluding tert-OH is 1. The maximum absolute atomic E-state index is 11.0. The van der Waals surface area contributed by atoms with E-state index in [0.29, 0.717) is 25.0 Å². The fourth-order valence-corrected chi connectivity index (χ4v) is 4.51. The van der Waals surface area contributed by atoms with Crippen molar-refractivity contribution in [2.75, 3.05) is 13.7 Å². The summed E-state index contributed by atoms with van der Waals surface area (Å²) in [4.78, 5) is 2.38. The number of hydrogen-bond donors (Lipinski definition) is 1. The van der Waals surface area contributed by atoms with E-state index in [-0.39, 0.29) is 0 Å². The third kappa shape index (κ3) is 5.45. The Hall–Kier alpha value is -3.61. The quantitative estimate of drug-likeness (QED) is 0.286. The van der Waals surface area contributed by atoms with Gasteiger partial charge in [0.2, 0.25) is 5.88 Å². The van der Waals surface area contributed by atoms with Gasteiger partial charge in [-0.05, 0) is 61.2 Å². The van der Waals surface area contributed by atoms with Crippen LogP contribution in [0.25, 0.3) is 5.69 Å². The Morgan fingerprint density at radius 3 is 2.19 bits per heavy atom.